The normalized spacial score (nSPS) is 13.2. The summed E-state index contributed by atoms with van der Waals surface area (Å²) in [5.41, 5.74) is -0.717. The lowest BCUT2D eigenvalue weighted by Crippen LogP contribution is -2.45. The second-order valence-electron chi connectivity index (χ2n) is 9.95. The molecule has 0 aromatic carbocycles. The van der Waals surface area contributed by atoms with Crippen molar-refractivity contribution in [2.75, 3.05) is 0 Å². The van der Waals surface area contributed by atoms with Gasteiger partial charge in [-0.3, -0.25) is 4.79 Å². The number of rotatable bonds is 19. The third-order valence-electron chi connectivity index (χ3n) is 5.41. The molecule has 33 heavy (non-hydrogen) atoms. The van der Waals surface area contributed by atoms with Gasteiger partial charge in [0.2, 0.25) is 0 Å². The molecule has 0 spiro atoms. The van der Waals surface area contributed by atoms with Gasteiger partial charge in [-0.1, -0.05) is 78.1 Å². The summed E-state index contributed by atoms with van der Waals surface area (Å²) in [6, 6.07) is -1.04. The van der Waals surface area contributed by atoms with Crippen molar-refractivity contribution in [1.82, 2.24) is 5.32 Å². The maximum Gasteiger partial charge on any atom is 0.408 e. The van der Waals surface area contributed by atoms with Crippen molar-refractivity contribution < 1.29 is 29.0 Å². The van der Waals surface area contributed by atoms with E-state index >= 15 is 0 Å². The van der Waals surface area contributed by atoms with E-state index in [1.54, 1.807) is 20.8 Å². The van der Waals surface area contributed by atoms with Crippen LogP contribution < -0.4 is 5.32 Å². The SMILES string of the molecule is CCCCCCCCCCCC(CCCC)OC(=O)[C@H](CCC(=O)O)NC(=O)OC(C)(C)C. The minimum absolute atomic E-state index is 0.0358. The van der Waals surface area contributed by atoms with Crippen LogP contribution in [0.2, 0.25) is 0 Å². The van der Waals surface area contributed by atoms with Crippen molar-refractivity contribution in [3.8, 4) is 0 Å². The first kappa shape index (κ1) is 31.2. The molecule has 1 unspecified atom stereocenters. The summed E-state index contributed by atoms with van der Waals surface area (Å²) >= 11 is 0. The van der Waals surface area contributed by atoms with E-state index in [1.807, 2.05) is 0 Å². The van der Waals surface area contributed by atoms with Crippen molar-refractivity contribution in [2.45, 2.75) is 149 Å². The number of carboxylic acid groups (broad SMARTS) is 1. The molecular formula is C26H49NO6. The predicted molar refractivity (Wildman–Crippen MR) is 131 cm³/mol. The number of hydrogen-bond acceptors (Lipinski definition) is 5. The lowest BCUT2D eigenvalue weighted by atomic mass is 10.0. The van der Waals surface area contributed by atoms with E-state index < -0.39 is 29.7 Å². The van der Waals surface area contributed by atoms with Crippen LogP contribution in [0.4, 0.5) is 4.79 Å². The smallest absolute Gasteiger partial charge is 0.408 e. The van der Waals surface area contributed by atoms with E-state index in [9.17, 15) is 14.4 Å². The molecule has 0 aromatic heterocycles. The molecular weight excluding hydrogens is 422 g/mol. The Balaban J connectivity index is 4.67. The standard InChI is InChI=1S/C26H49NO6/c1-6-8-10-11-12-13-14-15-16-18-21(17-9-7-2)32-24(30)22(19-20-23(28)29)27-25(31)33-26(3,4)5/h21-22H,6-20H2,1-5H3,(H,27,31)(H,28,29)/t21?,22-/m0/s1. The zero-order valence-electron chi connectivity index (χ0n) is 21.7. The van der Waals surface area contributed by atoms with Crippen molar-refractivity contribution in [2.24, 2.45) is 0 Å². The Morgan fingerprint density at radius 1 is 0.788 bits per heavy atom. The number of alkyl carbamates (subject to hydrolysis) is 1. The Labute approximate surface area is 201 Å². The second kappa shape index (κ2) is 18.6. The number of carbonyl (C=O) groups is 3. The molecule has 2 N–H and O–H groups in total. The third kappa shape index (κ3) is 19.4. The first-order valence-corrected chi connectivity index (χ1v) is 13.0. The van der Waals surface area contributed by atoms with Crippen LogP contribution >= 0.6 is 0 Å². The molecule has 0 aliphatic heterocycles. The minimum atomic E-state index is -1.04. The van der Waals surface area contributed by atoms with Crippen molar-refractivity contribution in [1.29, 1.82) is 0 Å². The third-order valence-corrected chi connectivity index (χ3v) is 5.41. The highest BCUT2D eigenvalue weighted by Gasteiger charge is 2.28. The molecule has 0 radical (unpaired) electrons. The molecule has 0 fully saturated rings. The molecule has 0 heterocycles. The zero-order valence-corrected chi connectivity index (χ0v) is 21.7. The van der Waals surface area contributed by atoms with Crippen LogP contribution in [0.3, 0.4) is 0 Å². The largest absolute Gasteiger partial charge is 0.481 e. The highest BCUT2D eigenvalue weighted by Crippen LogP contribution is 2.17. The Kier molecular flexibility index (Phi) is 17.6. The lowest BCUT2D eigenvalue weighted by Gasteiger charge is -2.25. The maximum atomic E-state index is 12.8. The lowest BCUT2D eigenvalue weighted by molar-refractivity contribution is -0.153. The van der Waals surface area contributed by atoms with Crippen LogP contribution in [0.5, 0.6) is 0 Å². The number of unbranched alkanes of at least 4 members (excludes halogenated alkanes) is 9. The van der Waals surface area contributed by atoms with Crippen LogP contribution in [-0.4, -0.2) is 40.9 Å². The molecule has 1 amide bonds. The van der Waals surface area contributed by atoms with Crippen molar-refractivity contribution in [3.63, 3.8) is 0 Å². The Morgan fingerprint density at radius 3 is 1.82 bits per heavy atom. The number of carbonyl (C=O) groups excluding carboxylic acids is 2. The van der Waals surface area contributed by atoms with Crippen LogP contribution in [0.1, 0.15) is 131 Å². The molecule has 0 bridgehead atoms. The fourth-order valence-corrected chi connectivity index (χ4v) is 3.59. The van der Waals surface area contributed by atoms with Gasteiger partial charge >= 0.3 is 18.0 Å². The number of esters is 1. The van der Waals surface area contributed by atoms with E-state index in [0.717, 1.165) is 38.5 Å². The van der Waals surface area contributed by atoms with Crippen LogP contribution in [0, 0.1) is 0 Å². The summed E-state index contributed by atoms with van der Waals surface area (Å²) in [5.74, 6) is -1.62. The highest BCUT2D eigenvalue weighted by molar-refractivity contribution is 5.82. The minimum Gasteiger partial charge on any atom is -0.481 e. The molecule has 7 nitrogen and oxygen atoms in total. The predicted octanol–water partition coefficient (Wildman–Crippen LogP) is 6.77. The van der Waals surface area contributed by atoms with Gasteiger partial charge < -0.3 is 19.9 Å². The van der Waals surface area contributed by atoms with E-state index in [2.05, 4.69) is 19.2 Å². The number of hydrogen-bond donors (Lipinski definition) is 2. The molecule has 0 aliphatic carbocycles. The maximum absolute atomic E-state index is 12.8. The monoisotopic (exact) mass is 471 g/mol. The zero-order chi connectivity index (χ0) is 25.1. The Morgan fingerprint density at radius 2 is 1.30 bits per heavy atom. The van der Waals surface area contributed by atoms with Gasteiger partial charge in [-0.15, -0.1) is 0 Å². The molecule has 2 atom stereocenters. The van der Waals surface area contributed by atoms with Gasteiger partial charge in [0.05, 0.1) is 0 Å². The summed E-state index contributed by atoms with van der Waals surface area (Å²) < 4.78 is 11.0. The van der Waals surface area contributed by atoms with Crippen molar-refractivity contribution >= 4 is 18.0 Å². The van der Waals surface area contributed by atoms with Gasteiger partial charge in [0.1, 0.15) is 17.7 Å². The fourth-order valence-electron chi connectivity index (χ4n) is 3.59. The van der Waals surface area contributed by atoms with Gasteiger partial charge in [-0.05, 0) is 46.5 Å². The topological polar surface area (TPSA) is 102 Å². The van der Waals surface area contributed by atoms with Crippen molar-refractivity contribution in [3.05, 3.63) is 0 Å². The highest BCUT2D eigenvalue weighted by atomic mass is 16.6. The second-order valence-corrected chi connectivity index (χ2v) is 9.95. The molecule has 0 aliphatic rings. The number of amides is 1. The van der Waals surface area contributed by atoms with Crippen LogP contribution in [-0.2, 0) is 19.1 Å². The van der Waals surface area contributed by atoms with E-state index in [4.69, 9.17) is 14.6 Å². The van der Waals surface area contributed by atoms with Gasteiger partial charge in [0.25, 0.3) is 0 Å². The van der Waals surface area contributed by atoms with E-state index in [0.29, 0.717) is 0 Å². The number of ether oxygens (including phenoxy) is 2. The van der Waals surface area contributed by atoms with Gasteiger partial charge in [-0.25, -0.2) is 9.59 Å². The molecule has 194 valence electrons. The molecule has 0 aromatic rings. The molecule has 7 heteroatoms. The summed E-state index contributed by atoms with van der Waals surface area (Å²) in [4.78, 5) is 36.0. The van der Waals surface area contributed by atoms with Crippen LogP contribution in [0.25, 0.3) is 0 Å². The molecule has 0 saturated heterocycles. The number of aliphatic carboxylic acids is 1. The average Bonchev–Trinajstić information content (AvgIpc) is 2.71. The van der Waals surface area contributed by atoms with Gasteiger partial charge in [0.15, 0.2) is 0 Å². The summed E-state index contributed by atoms with van der Waals surface area (Å²) in [6.07, 6.45) is 13.4. The van der Waals surface area contributed by atoms with E-state index in [1.165, 1.54) is 44.9 Å². The Bertz CT molecular complexity index is 543. The molecule has 0 rings (SSSR count). The van der Waals surface area contributed by atoms with E-state index in [-0.39, 0.29) is 18.9 Å². The summed E-state index contributed by atoms with van der Waals surface area (Å²) in [6.45, 7) is 9.50. The van der Waals surface area contributed by atoms with Crippen LogP contribution in [0.15, 0.2) is 0 Å². The average molecular weight is 472 g/mol. The summed E-state index contributed by atoms with van der Waals surface area (Å²) in [5, 5.41) is 11.5. The molecule has 0 saturated carbocycles. The fraction of sp³-hybridized carbons (Fsp3) is 0.885. The first-order chi connectivity index (χ1) is 15.6. The summed E-state index contributed by atoms with van der Waals surface area (Å²) in [7, 11) is 0. The Hall–Kier alpha value is -1.79. The van der Waals surface area contributed by atoms with Gasteiger partial charge in [-0.2, -0.15) is 0 Å². The quantitative estimate of drug-likeness (QED) is 0.159. The van der Waals surface area contributed by atoms with Gasteiger partial charge in [0, 0.05) is 6.42 Å². The number of carboxylic acids is 1. The first-order valence-electron chi connectivity index (χ1n) is 13.0. The number of nitrogens with one attached hydrogen (secondary N) is 1.